The first kappa shape index (κ1) is 18.6. The van der Waals surface area contributed by atoms with E-state index in [1.165, 1.54) is 5.39 Å². The van der Waals surface area contributed by atoms with E-state index >= 15 is 0 Å². The van der Waals surface area contributed by atoms with Crippen LogP contribution in [0.3, 0.4) is 0 Å². The Balaban J connectivity index is 1.47. The zero-order valence-corrected chi connectivity index (χ0v) is 17.4. The maximum Gasteiger partial charge on any atom is 0.271 e. The molecule has 3 heteroatoms. The van der Waals surface area contributed by atoms with Gasteiger partial charge in [-0.3, -0.25) is 9.69 Å². The van der Waals surface area contributed by atoms with Gasteiger partial charge in [-0.15, -0.1) is 0 Å². The summed E-state index contributed by atoms with van der Waals surface area (Å²) in [6.07, 6.45) is -0.560. The van der Waals surface area contributed by atoms with Gasteiger partial charge in [-0.2, -0.15) is 0 Å². The molecular formula is C29H21NO2. The van der Waals surface area contributed by atoms with E-state index in [2.05, 4.69) is 42.5 Å². The number of nitrogens with zero attached hydrogens (tertiary/aromatic N) is 1. The molecule has 32 heavy (non-hydrogen) atoms. The molecule has 6 rings (SSSR count). The van der Waals surface area contributed by atoms with Crippen LogP contribution in [0.15, 0.2) is 115 Å². The third kappa shape index (κ3) is 3.02. The predicted molar refractivity (Wildman–Crippen MR) is 129 cm³/mol. The highest BCUT2D eigenvalue weighted by atomic mass is 16.5. The van der Waals surface area contributed by atoms with Gasteiger partial charge in [-0.1, -0.05) is 84.9 Å². The van der Waals surface area contributed by atoms with Gasteiger partial charge in [0.2, 0.25) is 6.10 Å². The van der Waals surface area contributed by atoms with Crippen molar-refractivity contribution >= 4 is 33.1 Å². The maximum atomic E-state index is 13.5. The Morgan fingerprint density at radius 1 is 0.625 bits per heavy atom. The molecule has 0 bridgehead atoms. The lowest BCUT2D eigenvalue weighted by atomic mass is 9.88. The van der Waals surface area contributed by atoms with Crippen molar-refractivity contribution in [2.75, 3.05) is 4.90 Å². The van der Waals surface area contributed by atoms with E-state index in [4.69, 9.17) is 4.74 Å². The number of β-lactam (4-membered cyclic amide) rings is 1. The van der Waals surface area contributed by atoms with Crippen LogP contribution in [-0.2, 0) is 4.79 Å². The number of fused-ring (bicyclic) bond motifs is 2. The van der Waals surface area contributed by atoms with Gasteiger partial charge < -0.3 is 4.74 Å². The molecule has 1 amide bonds. The molecule has 0 N–H and O–H groups in total. The van der Waals surface area contributed by atoms with Gasteiger partial charge in [0, 0.05) is 5.39 Å². The minimum Gasteiger partial charge on any atom is -0.478 e. The number of amides is 1. The molecule has 5 aromatic rings. The topological polar surface area (TPSA) is 29.5 Å². The van der Waals surface area contributed by atoms with Crippen LogP contribution in [0.1, 0.15) is 11.6 Å². The van der Waals surface area contributed by atoms with E-state index < -0.39 is 6.10 Å². The van der Waals surface area contributed by atoms with Crippen LogP contribution in [0, 0.1) is 0 Å². The molecule has 1 aliphatic rings. The highest BCUT2D eigenvalue weighted by molar-refractivity contribution is 6.13. The first-order chi connectivity index (χ1) is 15.8. The summed E-state index contributed by atoms with van der Waals surface area (Å²) < 4.78 is 6.17. The molecule has 0 spiro atoms. The molecule has 5 aromatic carbocycles. The smallest absolute Gasteiger partial charge is 0.271 e. The summed E-state index contributed by atoms with van der Waals surface area (Å²) in [4.78, 5) is 15.3. The molecule has 0 unspecified atom stereocenters. The Labute approximate surface area is 186 Å². The normalized spacial score (nSPS) is 18.0. The van der Waals surface area contributed by atoms with Crippen molar-refractivity contribution in [2.24, 2.45) is 0 Å². The summed E-state index contributed by atoms with van der Waals surface area (Å²) in [5.74, 6) is 0.679. The molecule has 154 valence electrons. The standard InChI is InChI=1S/C29H21NO2/c31-29-28(32-24-15-5-2-6-16-24)27(20-10-3-1-4-11-20)30(29)26-17-9-14-23-18-21-12-7-8-13-22(21)19-25(23)26/h1-19,27-28H/t27-,28-/m1/s1. The number of carbonyl (C=O) groups excluding carboxylic acids is 1. The van der Waals surface area contributed by atoms with Crippen LogP contribution in [0.5, 0.6) is 5.75 Å². The van der Waals surface area contributed by atoms with E-state index in [0.717, 1.165) is 27.4 Å². The summed E-state index contributed by atoms with van der Waals surface area (Å²) in [7, 11) is 0. The Bertz CT molecular complexity index is 1430. The van der Waals surface area contributed by atoms with Crippen LogP contribution in [-0.4, -0.2) is 12.0 Å². The van der Waals surface area contributed by atoms with Crippen LogP contribution in [0.2, 0.25) is 0 Å². The molecule has 1 heterocycles. The molecule has 1 fully saturated rings. The second kappa shape index (κ2) is 7.54. The minimum atomic E-state index is -0.560. The number of anilines is 1. The summed E-state index contributed by atoms with van der Waals surface area (Å²) >= 11 is 0. The first-order valence-electron chi connectivity index (χ1n) is 10.8. The van der Waals surface area contributed by atoms with Crippen LogP contribution in [0.25, 0.3) is 21.5 Å². The molecule has 0 radical (unpaired) electrons. The molecule has 2 atom stereocenters. The van der Waals surface area contributed by atoms with Gasteiger partial charge >= 0.3 is 0 Å². The van der Waals surface area contributed by atoms with Gasteiger partial charge in [0.1, 0.15) is 11.8 Å². The fourth-order valence-electron chi connectivity index (χ4n) is 4.63. The second-order valence-electron chi connectivity index (χ2n) is 8.11. The Kier molecular flexibility index (Phi) is 4.39. The van der Waals surface area contributed by atoms with E-state index in [9.17, 15) is 4.79 Å². The molecule has 1 saturated heterocycles. The second-order valence-corrected chi connectivity index (χ2v) is 8.11. The highest BCUT2D eigenvalue weighted by Gasteiger charge is 2.51. The van der Waals surface area contributed by atoms with Crippen molar-refractivity contribution in [3.63, 3.8) is 0 Å². The lowest BCUT2D eigenvalue weighted by molar-refractivity contribution is -0.135. The fraction of sp³-hybridized carbons (Fsp3) is 0.0690. The lowest BCUT2D eigenvalue weighted by Crippen LogP contribution is -2.61. The van der Waals surface area contributed by atoms with Crippen molar-refractivity contribution in [3.8, 4) is 5.75 Å². The zero-order valence-electron chi connectivity index (χ0n) is 17.4. The van der Waals surface area contributed by atoms with Crippen molar-refractivity contribution in [1.29, 1.82) is 0 Å². The van der Waals surface area contributed by atoms with E-state index in [0.29, 0.717) is 5.75 Å². The fourth-order valence-corrected chi connectivity index (χ4v) is 4.63. The van der Waals surface area contributed by atoms with Crippen LogP contribution in [0.4, 0.5) is 5.69 Å². The van der Waals surface area contributed by atoms with E-state index in [1.807, 2.05) is 77.7 Å². The number of rotatable bonds is 4. The van der Waals surface area contributed by atoms with Crippen molar-refractivity contribution in [1.82, 2.24) is 0 Å². The average molecular weight is 415 g/mol. The van der Waals surface area contributed by atoms with Crippen molar-refractivity contribution < 1.29 is 9.53 Å². The van der Waals surface area contributed by atoms with E-state index in [1.54, 1.807) is 0 Å². The third-order valence-electron chi connectivity index (χ3n) is 6.18. The lowest BCUT2D eigenvalue weighted by Gasteiger charge is -2.47. The third-order valence-corrected chi connectivity index (χ3v) is 6.18. The van der Waals surface area contributed by atoms with Gasteiger partial charge in [0.05, 0.1) is 5.69 Å². The predicted octanol–water partition coefficient (Wildman–Crippen LogP) is 6.53. The number of hydrogen-bond donors (Lipinski definition) is 0. The number of ether oxygens (including phenoxy) is 1. The van der Waals surface area contributed by atoms with Crippen molar-refractivity contribution in [3.05, 3.63) is 121 Å². The Morgan fingerprint density at radius 2 is 1.25 bits per heavy atom. The summed E-state index contributed by atoms with van der Waals surface area (Å²) in [6.45, 7) is 0. The molecule has 0 aromatic heterocycles. The number of para-hydroxylation sites is 1. The Morgan fingerprint density at radius 3 is 2.00 bits per heavy atom. The number of benzene rings is 5. The monoisotopic (exact) mass is 415 g/mol. The first-order valence-corrected chi connectivity index (χ1v) is 10.8. The highest BCUT2D eigenvalue weighted by Crippen LogP contribution is 2.44. The van der Waals surface area contributed by atoms with Crippen LogP contribution >= 0.6 is 0 Å². The quantitative estimate of drug-likeness (QED) is 0.247. The maximum absolute atomic E-state index is 13.5. The van der Waals surface area contributed by atoms with Crippen LogP contribution < -0.4 is 9.64 Å². The average Bonchev–Trinajstić information content (AvgIpc) is 2.85. The van der Waals surface area contributed by atoms with Gasteiger partial charge in [0.15, 0.2) is 0 Å². The van der Waals surface area contributed by atoms with Gasteiger partial charge in [-0.05, 0) is 52.1 Å². The van der Waals surface area contributed by atoms with E-state index in [-0.39, 0.29) is 11.9 Å². The van der Waals surface area contributed by atoms with Gasteiger partial charge in [-0.25, -0.2) is 0 Å². The zero-order chi connectivity index (χ0) is 21.5. The molecule has 0 saturated carbocycles. The molecule has 1 aliphatic heterocycles. The number of hydrogen-bond acceptors (Lipinski definition) is 2. The summed E-state index contributed by atoms with van der Waals surface area (Å²) in [5, 5.41) is 4.54. The SMILES string of the molecule is O=C1[C@H](Oc2ccccc2)[C@@H](c2ccccc2)N1c1cccc2cc3ccccc3cc12. The molecule has 0 aliphatic carbocycles. The van der Waals surface area contributed by atoms with Gasteiger partial charge in [0.25, 0.3) is 5.91 Å². The summed E-state index contributed by atoms with van der Waals surface area (Å²) in [6, 6.07) is 38.3. The Hall–Kier alpha value is -4.11. The largest absolute Gasteiger partial charge is 0.478 e. The molecular weight excluding hydrogens is 394 g/mol. The van der Waals surface area contributed by atoms with Crippen molar-refractivity contribution in [2.45, 2.75) is 12.1 Å². The number of carbonyl (C=O) groups is 1. The summed E-state index contributed by atoms with van der Waals surface area (Å²) in [5.41, 5.74) is 1.98. The minimum absolute atomic E-state index is 0.0247. The molecule has 3 nitrogen and oxygen atoms in total.